The lowest BCUT2D eigenvalue weighted by Crippen LogP contribution is -1.86. The summed E-state index contributed by atoms with van der Waals surface area (Å²) in [5.41, 5.74) is 0.853. The molecule has 0 aromatic heterocycles. The van der Waals surface area contributed by atoms with Gasteiger partial charge in [0.15, 0.2) is 0 Å². The Morgan fingerprint density at radius 3 is 2.31 bits per heavy atom. The predicted octanol–water partition coefficient (Wildman–Crippen LogP) is 3.62. The molecule has 0 spiro atoms. The van der Waals surface area contributed by atoms with Crippen molar-refractivity contribution in [3.8, 4) is 11.5 Å². The fourth-order valence-corrected chi connectivity index (χ4v) is 1.49. The quantitative estimate of drug-likeness (QED) is 0.879. The van der Waals surface area contributed by atoms with Crippen LogP contribution in [-0.2, 0) is 6.61 Å². The van der Waals surface area contributed by atoms with Crippen LogP contribution in [0.4, 0.5) is 0 Å². The summed E-state index contributed by atoms with van der Waals surface area (Å²) in [4.78, 5) is 0. The van der Waals surface area contributed by atoms with Crippen molar-refractivity contribution in [1.29, 1.82) is 0 Å². The second-order valence-electron chi connectivity index (χ2n) is 3.33. The Labute approximate surface area is 99.1 Å². The lowest BCUT2D eigenvalue weighted by atomic mass is 10.2. The molecule has 0 fully saturated rings. The molecule has 0 atom stereocenters. The average Bonchev–Trinajstić information content (AvgIpc) is 2.33. The second kappa shape index (κ2) is 5.01. The molecule has 1 N–H and O–H groups in total. The smallest absolute Gasteiger partial charge is 0.146 e. The maximum Gasteiger partial charge on any atom is 0.146 e. The molecule has 2 aromatic rings. The standard InChI is InChI=1S/C13H11ClO2/c14-12-3-1-2-4-13(12)16-11-7-5-10(9-15)6-8-11/h1-8,15H,9H2. The van der Waals surface area contributed by atoms with E-state index in [1.165, 1.54) is 0 Å². The lowest BCUT2D eigenvalue weighted by molar-refractivity contribution is 0.281. The Hall–Kier alpha value is -1.51. The molecule has 2 nitrogen and oxygen atoms in total. The molecule has 0 radical (unpaired) electrons. The third-order valence-corrected chi connectivity index (χ3v) is 2.48. The van der Waals surface area contributed by atoms with Crippen molar-refractivity contribution in [3.63, 3.8) is 0 Å². The van der Waals surface area contributed by atoms with Gasteiger partial charge in [-0.3, -0.25) is 0 Å². The van der Waals surface area contributed by atoms with E-state index in [1.807, 2.05) is 30.3 Å². The molecule has 0 aliphatic heterocycles. The minimum atomic E-state index is 0.0341. The molecular weight excluding hydrogens is 224 g/mol. The molecule has 16 heavy (non-hydrogen) atoms. The molecule has 0 aliphatic carbocycles. The molecule has 0 saturated carbocycles. The molecular formula is C13H11ClO2. The van der Waals surface area contributed by atoms with Crippen LogP contribution in [0.3, 0.4) is 0 Å². The number of benzene rings is 2. The Bertz CT molecular complexity index is 466. The van der Waals surface area contributed by atoms with Crippen molar-refractivity contribution in [2.24, 2.45) is 0 Å². The third kappa shape index (κ3) is 2.54. The molecule has 0 aliphatic rings. The molecule has 0 saturated heterocycles. The van der Waals surface area contributed by atoms with Crippen LogP contribution in [0.25, 0.3) is 0 Å². The highest BCUT2D eigenvalue weighted by Gasteiger charge is 2.01. The molecule has 3 heteroatoms. The molecule has 82 valence electrons. The Balaban J connectivity index is 2.18. The van der Waals surface area contributed by atoms with Crippen LogP contribution in [-0.4, -0.2) is 5.11 Å². The number of para-hydroxylation sites is 1. The van der Waals surface area contributed by atoms with Crippen LogP contribution >= 0.6 is 11.6 Å². The van der Waals surface area contributed by atoms with Gasteiger partial charge in [0.2, 0.25) is 0 Å². The van der Waals surface area contributed by atoms with E-state index in [0.717, 1.165) is 5.56 Å². The highest BCUT2D eigenvalue weighted by atomic mass is 35.5. The van der Waals surface area contributed by atoms with Gasteiger partial charge in [0.25, 0.3) is 0 Å². The van der Waals surface area contributed by atoms with E-state index in [4.69, 9.17) is 21.4 Å². The van der Waals surface area contributed by atoms with E-state index in [-0.39, 0.29) is 6.61 Å². The van der Waals surface area contributed by atoms with Crippen molar-refractivity contribution < 1.29 is 9.84 Å². The van der Waals surface area contributed by atoms with E-state index in [1.54, 1.807) is 18.2 Å². The number of hydrogen-bond acceptors (Lipinski definition) is 2. The second-order valence-corrected chi connectivity index (χ2v) is 3.74. The first-order chi connectivity index (χ1) is 7.79. The van der Waals surface area contributed by atoms with E-state index in [2.05, 4.69) is 0 Å². The molecule has 0 amide bonds. The first kappa shape index (κ1) is 11.0. The SMILES string of the molecule is OCc1ccc(Oc2ccccc2Cl)cc1. The Morgan fingerprint density at radius 1 is 1.00 bits per heavy atom. The Morgan fingerprint density at radius 2 is 1.69 bits per heavy atom. The van der Waals surface area contributed by atoms with E-state index < -0.39 is 0 Å². The number of hydrogen-bond donors (Lipinski definition) is 1. The monoisotopic (exact) mass is 234 g/mol. The summed E-state index contributed by atoms with van der Waals surface area (Å²) in [6.07, 6.45) is 0. The van der Waals surface area contributed by atoms with Crippen LogP contribution in [0.5, 0.6) is 11.5 Å². The van der Waals surface area contributed by atoms with Crippen LogP contribution in [0, 0.1) is 0 Å². The highest BCUT2D eigenvalue weighted by molar-refractivity contribution is 6.32. The normalized spacial score (nSPS) is 10.1. The fraction of sp³-hybridized carbons (Fsp3) is 0.0769. The zero-order valence-electron chi connectivity index (χ0n) is 8.56. The van der Waals surface area contributed by atoms with Crippen molar-refractivity contribution in [2.75, 3.05) is 0 Å². The molecule has 2 aromatic carbocycles. The van der Waals surface area contributed by atoms with E-state index in [9.17, 15) is 0 Å². The van der Waals surface area contributed by atoms with Crippen LogP contribution < -0.4 is 4.74 Å². The van der Waals surface area contributed by atoms with Crippen molar-refractivity contribution in [1.82, 2.24) is 0 Å². The van der Waals surface area contributed by atoms with Crippen LogP contribution in [0.1, 0.15) is 5.56 Å². The third-order valence-electron chi connectivity index (χ3n) is 2.17. The van der Waals surface area contributed by atoms with Crippen LogP contribution in [0.2, 0.25) is 5.02 Å². The van der Waals surface area contributed by atoms with Gasteiger partial charge in [-0.25, -0.2) is 0 Å². The van der Waals surface area contributed by atoms with Gasteiger partial charge in [0.05, 0.1) is 11.6 Å². The van der Waals surface area contributed by atoms with Gasteiger partial charge in [0.1, 0.15) is 11.5 Å². The minimum absolute atomic E-state index is 0.0341. The number of aliphatic hydroxyl groups excluding tert-OH is 1. The molecule has 2 rings (SSSR count). The van der Waals surface area contributed by atoms with Gasteiger partial charge in [-0.05, 0) is 29.8 Å². The summed E-state index contributed by atoms with van der Waals surface area (Å²) in [5, 5.41) is 9.48. The number of aliphatic hydroxyl groups is 1. The largest absolute Gasteiger partial charge is 0.456 e. The van der Waals surface area contributed by atoms with Gasteiger partial charge < -0.3 is 9.84 Å². The van der Waals surface area contributed by atoms with Crippen molar-refractivity contribution in [3.05, 3.63) is 59.1 Å². The average molecular weight is 235 g/mol. The first-order valence-electron chi connectivity index (χ1n) is 4.92. The number of halogens is 1. The van der Waals surface area contributed by atoms with E-state index in [0.29, 0.717) is 16.5 Å². The fourth-order valence-electron chi connectivity index (χ4n) is 1.32. The van der Waals surface area contributed by atoms with Gasteiger partial charge in [-0.2, -0.15) is 0 Å². The summed E-state index contributed by atoms with van der Waals surface area (Å²) in [6.45, 7) is 0.0341. The summed E-state index contributed by atoms with van der Waals surface area (Å²) >= 11 is 5.97. The maximum atomic E-state index is 8.90. The Kier molecular flexibility index (Phi) is 3.44. The van der Waals surface area contributed by atoms with Gasteiger partial charge in [-0.15, -0.1) is 0 Å². The molecule has 0 unspecified atom stereocenters. The van der Waals surface area contributed by atoms with Gasteiger partial charge in [-0.1, -0.05) is 35.9 Å². The minimum Gasteiger partial charge on any atom is -0.456 e. The zero-order chi connectivity index (χ0) is 11.4. The summed E-state index contributed by atoms with van der Waals surface area (Å²) in [6, 6.07) is 14.5. The lowest BCUT2D eigenvalue weighted by Gasteiger charge is -2.07. The highest BCUT2D eigenvalue weighted by Crippen LogP contribution is 2.28. The molecule has 0 bridgehead atoms. The van der Waals surface area contributed by atoms with Crippen LogP contribution in [0.15, 0.2) is 48.5 Å². The van der Waals surface area contributed by atoms with E-state index >= 15 is 0 Å². The molecule has 0 heterocycles. The number of rotatable bonds is 3. The summed E-state index contributed by atoms with van der Waals surface area (Å²) in [5.74, 6) is 1.33. The van der Waals surface area contributed by atoms with Crippen molar-refractivity contribution in [2.45, 2.75) is 6.61 Å². The summed E-state index contributed by atoms with van der Waals surface area (Å²) in [7, 11) is 0. The maximum absolute atomic E-state index is 8.90. The van der Waals surface area contributed by atoms with Crippen molar-refractivity contribution >= 4 is 11.6 Å². The van der Waals surface area contributed by atoms with Gasteiger partial charge in [0, 0.05) is 0 Å². The predicted molar refractivity (Wildman–Crippen MR) is 63.9 cm³/mol. The zero-order valence-corrected chi connectivity index (χ0v) is 9.32. The summed E-state index contributed by atoms with van der Waals surface area (Å²) < 4.78 is 5.60. The first-order valence-corrected chi connectivity index (χ1v) is 5.29. The van der Waals surface area contributed by atoms with Gasteiger partial charge >= 0.3 is 0 Å². The number of ether oxygens (including phenoxy) is 1. The topological polar surface area (TPSA) is 29.5 Å².